The molecule has 0 bridgehead atoms. The molecule has 0 N–H and O–H groups in total. The highest BCUT2D eigenvalue weighted by molar-refractivity contribution is 7.96. The Hall–Kier alpha value is -1.20. The first-order valence-corrected chi connectivity index (χ1v) is 7.29. The van der Waals surface area contributed by atoms with Crippen molar-refractivity contribution in [1.82, 2.24) is 4.31 Å². The highest BCUT2D eigenvalue weighted by Gasteiger charge is 2.31. The van der Waals surface area contributed by atoms with E-state index in [0.717, 1.165) is 30.9 Å². The van der Waals surface area contributed by atoms with Crippen LogP contribution < -0.4 is 4.74 Å². The first-order valence-electron chi connectivity index (χ1n) is 6.35. The number of esters is 1. The third-order valence-electron chi connectivity index (χ3n) is 3.23. The molecule has 1 fully saturated rings. The number of carbonyl (C=O) groups is 1. The van der Waals surface area contributed by atoms with Crippen LogP contribution in [-0.2, 0) is 15.3 Å². The molecule has 1 heterocycles. The first-order chi connectivity index (χ1) is 9.24. The maximum absolute atomic E-state index is 11.6. The Morgan fingerprint density at radius 2 is 2.11 bits per heavy atom. The standard InChI is InChI=1S/C14H19NO3S/c1-17-12-7-5-11(6-8-12)10-19-15-9-3-4-13(15)14(16)18-2/h5-8,13H,3-4,9-10H2,1-2H3. The first kappa shape index (κ1) is 14.2. The predicted octanol–water partition coefficient (Wildman–Crippen LogP) is 2.48. The van der Waals surface area contributed by atoms with Crippen LogP contribution >= 0.6 is 11.9 Å². The highest BCUT2D eigenvalue weighted by atomic mass is 32.2. The summed E-state index contributed by atoms with van der Waals surface area (Å²) in [6.07, 6.45) is 1.94. The van der Waals surface area contributed by atoms with Crippen LogP contribution in [0, 0.1) is 0 Å². The molecule has 1 aliphatic heterocycles. The predicted molar refractivity (Wildman–Crippen MR) is 76.0 cm³/mol. The summed E-state index contributed by atoms with van der Waals surface area (Å²) in [5, 5.41) is 0. The normalized spacial score (nSPS) is 19.4. The second-order valence-corrected chi connectivity index (χ2v) is 5.46. The number of methoxy groups -OCH3 is 2. The molecule has 2 rings (SSSR count). The summed E-state index contributed by atoms with van der Waals surface area (Å²) in [4.78, 5) is 11.6. The summed E-state index contributed by atoms with van der Waals surface area (Å²) in [6, 6.07) is 7.92. The zero-order valence-corrected chi connectivity index (χ0v) is 12.1. The average molecular weight is 281 g/mol. The van der Waals surface area contributed by atoms with Gasteiger partial charge in [-0.25, -0.2) is 4.31 Å². The lowest BCUT2D eigenvalue weighted by atomic mass is 10.2. The zero-order valence-electron chi connectivity index (χ0n) is 11.3. The second kappa shape index (κ2) is 6.82. The smallest absolute Gasteiger partial charge is 0.323 e. The molecule has 1 atom stereocenters. The summed E-state index contributed by atoms with van der Waals surface area (Å²) in [6.45, 7) is 0.945. The minimum Gasteiger partial charge on any atom is -0.497 e. The molecule has 0 amide bonds. The SMILES string of the molecule is COC(=O)C1CCCN1SCc1ccc(OC)cc1. The Kier molecular flexibility index (Phi) is 5.10. The van der Waals surface area contributed by atoms with Crippen LogP contribution in [0.5, 0.6) is 5.75 Å². The van der Waals surface area contributed by atoms with Crippen molar-refractivity contribution in [2.45, 2.75) is 24.6 Å². The maximum atomic E-state index is 11.6. The third kappa shape index (κ3) is 3.64. The van der Waals surface area contributed by atoms with Gasteiger partial charge in [0, 0.05) is 12.3 Å². The van der Waals surface area contributed by atoms with Crippen LogP contribution in [0.25, 0.3) is 0 Å². The molecule has 0 aliphatic carbocycles. The van der Waals surface area contributed by atoms with Crippen LogP contribution in [0.3, 0.4) is 0 Å². The molecule has 5 heteroatoms. The number of benzene rings is 1. The molecule has 0 spiro atoms. The Bertz CT molecular complexity index is 421. The number of hydrogen-bond acceptors (Lipinski definition) is 5. The van der Waals surface area contributed by atoms with Crippen molar-refractivity contribution in [2.75, 3.05) is 20.8 Å². The molecule has 19 heavy (non-hydrogen) atoms. The Morgan fingerprint density at radius 1 is 1.37 bits per heavy atom. The molecule has 0 radical (unpaired) electrons. The van der Waals surface area contributed by atoms with Gasteiger partial charge in [0.25, 0.3) is 0 Å². The van der Waals surface area contributed by atoms with Crippen molar-refractivity contribution in [1.29, 1.82) is 0 Å². The van der Waals surface area contributed by atoms with E-state index in [1.165, 1.54) is 12.7 Å². The van der Waals surface area contributed by atoms with Gasteiger partial charge in [-0.05, 0) is 30.5 Å². The minimum atomic E-state index is -0.125. The Labute approximate surface area is 118 Å². The minimum absolute atomic E-state index is 0.0896. The lowest BCUT2D eigenvalue weighted by Crippen LogP contribution is -2.32. The largest absolute Gasteiger partial charge is 0.497 e. The number of nitrogens with zero attached hydrogens (tertiary/aromatic N) is 1. The van der Waals surface area contributed by atoms with Crippen molar-refractivity contribution in [2.24, 2.45) is 0 Å². The van der Waals surface area contributed by atoms with Crippen molar-refractivity contribution in [3.05, 3.63) is 29.8 Å². The van der Waals surface area contributed by atoms with Gasteiger partial charge in [-0.1, -0.05) is 24.1 Å². The molecule has 0 aromatic heterocycles. The van der Waals surface area contributed by atoms with Crippen molar-refractivity contribution in [3.63, 3.8) is 0 Å². The number of hydrogen-bond donors (Lipinski definition) is 0. The third-order valence-corrected chi connectivity index (χ3v) is 4.46. The van der Waals surface area contributed by atoms with Gasteiger partial charge in [0.05, 0.1) is 14.2 Å². The van der Waals surface area contributed by atoms with Crippen LogP contribution in [0.2, 0.25) is 0 Å². The Balaban J connectivity index is 1.88. The van der Waals surface area contributed by atoms with Gasteiger partial charge in [-0.2, -0.15) is 0 Å². The highest BCUT2D eigenvalue weighted by Crippen LogP contribution is 2.28. The van der Waals surface area contributed by atoms with Crippen molar-refractivity contribution < 1.29 is 14.3 Å². The molecule has 1 aromatic carbocycles. The quantitative estimate of drug-likeness (QED) is 0.612. The molecular formula is C14H19NO3S. The fraction of sp³-hybridized carbons (Fsp3) is 0.500. The molecule has 1 aromatic rings. The fourth-order valence-corrected chi connectivity index (χ4v) is 3.28. The zero-order chi connectivity index (χ0) is 13.7. The van der Waals surface area contributed by atoms with Gasteiger partial charge < -0.3 is 9.47 Å². The van der Waals surface area contributed by atoms with Crippen LogP contribution in [0.15, 0.2) is 24.3 Å². The summed E-state index contributed by atoms with van der Waals surface area (Å²) in [5.74, 6) is 1.60. The molecular weight excluding hydrogens is 262 g/mol. The van der Waals surface area contributed by atoms with Crippen LogP contribution in [-0.4, -0.2) is 37.1 Å². The lowest BCUT2D eigenvalue weighted by molar-refractivity contribution is -0.144. The van der Waals surface area contributed by atoms with Crippen LogP contribution in [0.1, 0.15) is 18.4 Å². The molecule has 4 nitrogen and oxygen atoms in total. The van der Waals surface area contributed by atoms with E-state index in [1.807, 2.05) is 12.1 Å². The topological polar surface area (TPSA) is 38.8 Å². The fourth-order valence-electron chi connectivity index (χ4n) is 2.15. The molecule has 1 unspecified atom stereocenters. The molecule has 1 aliphatic rings. The number of carbonyl (C=O) groups excluding carboxylic acids is 1. The van der Waals surface area contributed by atoms with Crippen molar-refractivity contribution >= 4 is 17.9 Å². The van der Waals surface area contributed by atoms with Gasteiger partial charge >= 0.3 is 5.97 Å². The summed E-state index contributed by atoms with van der Waals surface area (Å²) < 4.78 is 12.1. The second-order valence-electron chi connectivity index (χ2n) is 4.44. The summed E-state index contributed by atoms with van der Waals surface area (Å²) >= 11 is 1.69. The molecule has 104 valence electrons. The van der Waals surface area contributed by atoms with E-state index in [0.29, 0.717) is 0 Å². The maximum Gasteiger partial charge on any atom is 0.323 e. The van der Waals surface area contributed by atoms with Gasteiger partial charge in [0.15, 0.2) is 0 Å². The van der Waals surface area contributed by atoms with E-state index in [9.17, 15) is 4.79 Å². The lowest BCUT2D eigenvalue weighted by Gasteiger charge is -2.20. The average Bonchev–Trinajstić information content (AvgIpc) is 2.93. The van der Waals surface area contributed by atoms with E-state index >= 15 is 0 Å². The van der Waals surface area contributed by atoms with E-state index in [-0.39, 0.29) is 12.0 Å². The van der Waals surface area contributed by atoms with Crippen molar-refractivity contribution in [3.8, 4) is 5.75 Å². The van der Waals surface area contributed by atoms with Gasteiger partial charge in [-0.3, -0.25) is 4.79 Å². The summed E-state index contributed by atoms with van der Waals surface area (Å²) in [7, 11) is 3.11. The van der Waals surface area contributed by atoms with Crippen LogP contribution in [0.4, 0.5) is 0 Å². The van der Waals surface area contributed by atoms with E-state index in [1.54, 1.807) is 19.1 Å². The monoisotopic (exact) mass is 281 g/mol. The van der Waals surface area contributed by atoms with Gasteiger partial charge in [0.1, 0.15) is 11.8 Å². The van der Waals surface area contributed by atoms with Gasteiger partial charge in [0.2, 0.25) is 0 Å². The van der Waals surface area contributed by atoms with E-state index in [4.69, 9.17) is 9.47 Å². The molecule has 1 saturated heterocycles. The number of rotatable bonds is 5. The number of ether oxygens (including phenoxy) is 2. The van der Waals surface area contributed by atoms with Gasteiger partial charge in [-0.15, -0.1) is 0 Å². The summed E-state index contributed by atoms with van der Waals surface area (Å²) in [5.41, 5.74) is 1.22. The molecule has 0 saturated carbocycles. The van der Waals surface area contributed by atoms with E-state index in [2.05, 4.69) is 16.4 Å². The Morgan fingerprint density at radius 3 is 2.74 bits per heavy atom. The van der Waals surface area contributed by atoms with E-state index < -0.39 is 0 Å².